The molecule has 0 unspecified atom stereocenters. The van der Waals surface area contributed by atoms with Gasteiger partial charge in [-0.2, -0.15) is 0 Å². The van der Waals surface area contributed by atoms with Crippen LogP contribution in [0, 0.1) is 5.41 Å². The first kappa shape index (κ1) is 14.9. The third kappa shape index (κ3) is 3.12. The third-order valence-corrected chi connectivity index (χ3v) is 4.03. The molecule has 0 aliphatic carbocycles. The van der Waals surface area contributed by atoms with Crippen LogP contribution in [0.2, 0.25) is 0 Å². The van der Waals surface area contributed by atoms with Gasteiger partial charge in [0.15, 0.2) is 0 Å². The summed E-state index contributed by atoms with van der Waals surface area (Å²) in [5.41, 5.74) is 8.09. The number of hydrogen-bond donors (Lipinski definition) is 1. The molecule has 20 heavy (non-hydrogen) atoms. The molecule has 0 fully saturated rings. The molecule has 0 bridgehead atoms. The van der Waals surface area contributed by atoms with Crippen molar-refractivity contribution in [3.8, 4) is 5.75 Å². The second kappa shape index (κ2) is 5.83. The molecule has 0 aliphatic rings. The molecule has 1 aromatic heterocycles. The maximum Gasteiger partial charge on any atom is 0.121 e. The summed E-state index contributed by atoms with van der Waals surface area (Å²) >= 11 is 0. The van der Waals surface area contributed by atoms with Gasteiger partial charge in [0, 0.05) is 19.5 Å². The molecule has 0 saturated heterocycles. The van der Waals surface area contributed by atoms with E-state index < -0.39 is 0 Å². The number of nitrogens with zero attached hydrogens (tertiary/aromatic N) is 2. The molecule has 0 amide bonds. The molecule has 0 radical (unpaired) electrons. The predicted octanol–water partition coefficient (Wildman–Crippen LogP) is 2.89. The second-order valence-electron chi connectivity index (χ2n) is 6.14. The maximum atomic E-state index is 5.67. The monoisotopic (exact) mass is 275 g/mol. The van der Waals surface area contributed by atoms with Crippen molar-refractivity contribution in [1.82, 2.24) is 9.55 Å². The van der Waals surface area contributed by atoms with Crippen LogP contribution in [0.1, 0.15) is 32.5 Å². The van der Waals surface area contributed by atoms with E-state index in [4.69, 9.17) is 15.5 Å². The second-order valence-corrected chi connectivity index (χ2v) is 6.14. The molecular weight excluding hydrogens is 250 g/mol. The van der Waals surface area contributed by atoms with Gasteiger partial charge in [0.05, 0.1) is 18.1 Å². The van der Waals surface area contributed by atoms with E-state index in [0.29, 0.717) is 0 Å². The number of fused-ring (bicyclic) bond motifs is 1. The van der Waals surface area contributed by atoms with Crippen LogP contribution in [0.25, 0.3) is 11.0 Å². The van der Waals surface area contributed by atoms with Gasteiger partial charge >= 0.3 is 0 Å². The largest absolute Gasteiger partial charge is 0.497 e. The van der Waals surface area contributed by atoms with E-state index in [9.17, 15) is 0 Å². The Labute approximate surface area is 120 Å². The first-order valence-electron chi connectivity index (χ1n) is 7.16. The summed E-state index contributed by atoms with van der Waals surface area (Å²) in [7, 11) is 3.76. The Kier molecular flexibility index (Phi) is 4.33. The molecule has 2 aromatic rings. The molecule has 2 rings (SSSR count). The van der Waals surface area contributed by atoms with Gasteiger partial charge in [-0.15, -0.1) is 0 Å². The fourth-order valence-corrected chi connectivity index (χ4v) is 2.55. The van der Waals surface area contributed by atoms with Crippen LogP contribution in [-0.4, -0.2) is 23.2 Å². The molecule has 0 spiro atoms. The van der Waals surface area contributed by atoms with Crippen molar-refractivity contribution in [2.45, 2.75) is 33.1 Å². The minimum Gasteiger partial charge on any atom is -0.497 e. The predicted molar refractivity (Wildman–Crippen MR) is 83.0 cm³/mol. The molecule has 2 N–H and O–H groups in total. The van der Waals surface area contributed by atoms with Gasteiger partial charge in [-0.05, 0) is 36.9 Å². The Balaban J connectivity index is 2.20. The van der Waals surface area contributed by atoms with E-state index in [2.05, 4.69) is 31.5 Å². The van der Waals surface area contributed by atoms with Crippen LogP contribution in [0.4, 0.5) is 0 Å². The van der Waals surface area contributed by atoms with Gasteiger partial charge in [-0.1, -0.05) is 13.8 Å². The van der Waals surface area contributed by atoms with Crippen molar-refractivity contribution in [2.75, 3.05) is 13.7 Å². The summed E-state index contributed by atoms with van der Waals surface area (Å²) in [6, 6.07) is 6.03. The maximum absolute atomic E-state index is 5.67. The lowest BCUT2D eigenvalue weighted by Gasteiger charge is -2.23. The van der Waals surface area contributed by atoms with Crippen molar-refractivity contribution in [3.63, 3.8) is 0 Å². The minimum absolute atomic E-state index is 0.268. The van der Waals surface area contributed by atoms with E-state index in [-0.39, 0.29) is 5.41 Å². The van der Waals surface area contributed by atoms with Crippen LogP contribution in [0.15, 0.2) is 18.2 Å². The average molecular weight is 275 g/mol. The van der Waals surface area contributed by atoms with E-state index in [1.807, 2.05) is 12.1 Å². The number of benzene rings is 1. The van der Waals surface area contributed by atoms with E-state index in [1.165, 1.54) is 0 Å². The smallest absolute Gasteiger partial charge is 0.121 e. The van der Waals surface area contributed by atoms with Gasteiger partial charge in [0.2, 0.25) is 0 Å². The number of nitrogens with two attached hydrogens (primary N) is 1. The standard InChI is InChI=1S/C16H25N3O/c1-16(2,9-10-17)8-7-15-18-13-11-12(20-4)5-6-14(13)19(15)3/h5-6,11H,7-10,17H2,1-4H3. The zero-order chi connectivity index (χ0) is 14.8. The Hall–Kier alpha value is -1.55. The van der Waals surface area contributed by atoms with Gasteiger partial charge in [-0.25, -0.2) is 4.98 Å². The molecule has 110 valence electrons. The Morgan fingerprint density at radius 2 is 2.05 bits per heavy atom. The lowest BCUT2D eigenvalue weighted by Crippen LogP contribution is -2.18. The molecule has 1 heterocycles. The summed E-state index contributed by atoms with van der Waals surface area (Å²) in [4.78, 5) is 4.74. The van der Waals surface area contributed by atoms with Crippen LogP contribution < -0.4 is 10.5 Å². The van der Waals surface area contributed by atoms with Gasteiger partial charge in [0.1, 0.15) is 11.6 Å². The first-order chi connectivity index (χ1) is 9.46. The van der Waals surface area contributed by atoms with E-state index >= 15 is 0 Å². The molecular formula is C16H25N3O. The van der Waals surface area contributed by atoms with E-state index in [1.54, 1.807) is 7.11 Å². The molecule has 0 saturated carbocycles. The highest BCUT2D eigenvalue weighted by atomic mass is 16.5. The number of methoxy groups -OCH3 is 1. The molecule has 4 heteroatoms. The summed E-state index contributed by atoms with van der Waals surface area (Å²) in [5, 5.41) is 0. The van der Waals surface area contributed by atoms with Crippen molar-refractivity contribution in [2.24, 2.45) is 18.2 Å². The lowest BCUT2D eigenvalue weighted by molar-refractivity contribution is 0.310. The van der Waals surface area contributed by atoms with Crippen molar-refractivity contribution < 1.29 is 4.74 Å². The normalized spacial score (nSPS) is 12.1. The summed E-state index contributed by atoms with van der Waals surface area (Å²) < 4.78 is 7.43. The SMILES string of the molecule is COc1ccc2c(c1)nc(CCC(C)(C)CCN)n2C. The van der Waals surface area contributed by atoms with Crippen molar-refractivity contribution >= 4 is 11.0 Å². The van der Waals surface area contributed by atoms with Crippen molar-refractivity contribution in [3.05, 3.63) is 24.0 Å². The van der Waals surface area contributed by atoms with Gasteiger partial charge in [0.25, 0.3) is 0 Å². The highest BCUT2D eigenvalue weighted by Gasteiger charge is 2.18. The Bertz CT molecular complexity index is 587. The van der Waals surface area contributed by atoms with E-state index in [0.717, 1.165) is 48.4 Å². The van der Waals surface area contributed by atoms with Crippen molar-refractivity contribution in [1.29, 1.82) is 0 Å². The zero-order valence-corrected chi connectivity index (χ0v) is 12.9. The van der Waals surface area contributed by atoms with Crippen LogP contribution in [0.5, 0.6) is 5.75 Å². The quantitative estimate of drug-likeness (QED) is 0.882. The van der Waals surface area contributed by atoms with Gasteiger partial charge in [-0.3, -0.25) is 0 Å². The number of imidazole rings is 1. The van der Waals surface area contributed by atoms with Gasteiger partial charge < -0.3 is 15.0 Å². The topological polar surface area (TPSA) is 53.1 Å². The highest BCUT2D eigenvalue weighted by Crippen LogP contribution is 2.27. The molecule has 0 atom stereocenters. The first-order valence-corrected chi connectivity index (χ1v) is 7.16. The van der Waals surface area contributed by atoms with Crippen LogP contribution >= 0.6 is 0 Å². The fourth-order valence-electron chi connectivity index (χ4n) is 2.55. The molecule has 4 nitrogen and oxygen atoms in total. The summed E-state index contributed by atoms with van der Waals surface area (Å²) in [6.07, 6.45) is 3.11. The summed E-state index contributed by atoms with van der Waals surface area (Å²) in [5.74, 6) is 1.98. The summed E-state index contributed by atoms with van der Waals surface area (Å²) in [6.45, 7) is 5.28. The lowest BCUT2D eigenvalue weighted by atomic mass is 9.84. The Morgan fingerprint density at radius 3 is 2.70 bits per heavy atom. The number of aryl methyl sites for hydroxylation is 2. The van der Waals surface area contributed by atoms with Crippen LogP contribution in [0.3, 0.4) is 0 Å². The number of ether oxygens (including phenoxy) is 1. The number of aromatic nitrogens is 2. The minimum atomic E-state index is 0.268. The average Bonchev–Trinajstić information content (AvgIpc) is 2.73. The fraction of sp³-hybridized carbons (Fsp3) is 0.562. The number of hydrogen-bond acceptors (Lipinski definition) is 3. The van der Waals surface area contributed by atoms with Crippen LogP contribution in [-0.2, 0) is 13.5 Å². The zero-order valence-electron chi connectivity index (χ0n) is 12.9. The highest BCUT2D eigenvalue weighted by molar-refractivity contribution is 5.77. The third-order valence-electron chi connectivity index (χ3n) is 4.03. The molecule has 0 aliphatic heterocycles. The molecule has 1 aromatic carbocycles. The number of rotatable bonds is 6. The Morgan fingerprint density at radius 1 is 1.30 bits per heavy atom.